The van der Waals surface area contributed by atoms with Gasteiger partial charge in [-0.3, -0.25) is 4.40 Å². The van der Waals surface area contributed by atoms with Crippen LogP contribution in [0.3, 0.4) is 0 Å². The highest BCUT2D eigenvalue weighted by atomic mass is 32.2. The molecule has 0 unspecified atom stereocenters. The first kappa shape index (κ1) is 15.0. The fraction of sp³-hybridized carbons (Fsp3) is 0.500. The second-order valence-electron chi connectivity index (χ2n) is 5.22. The first-order valence-corrected chi connectivity index (χ1v) is 8.34. The lowest BCUT2D eigenvalue weighted by molar-refractivity contribution is 0.578. The molecule has 2 aromatic heterocycles. The van der Waals surface area contributed by atoms with Gasteiger partial charge in [0.25, 0.3) is 10.0 Å². The standard InChI is InChI=1S/C14H21N3O2S/c1-5-9-15-20(18,19)14-12-8-6-7-11(4)17(12)13(16-14)10(2)3/h6-8,10,15H,5,9H2,1-4H3. The third kappa shape index (κ3) is 2.58. The summed E-state index contributed by atoms with van der Waals surface area (Å²) >= 11 is 0. The minimum atomic E-state index is -3.56. The zero-order valence-corrected chi connectivity index (χ0v) is 13.2. The van der Waals surface area contributed by atoms with Crippen LogP contribution < -0.4 is 4.72 Å². The van der Waals surface area contributed by atoms with Gasteiger partial charge in [-0.2, -0.15) is 0 Å². The minimum Gasteiger partial charge on any atom is -0.299 e. The smallest absolute Gasteiger partial charge is 0.260 e. The summed E-state index contributed by atoms with van der Waals surface area (Å²) in [4.78, 5) is 4.39. The van der Waals surface area contributed by atoms with Gasteiger partial charge in [0.2, 0.25) is 0 Å². The van der Waals surface area contributed by atoms with Gasteiger partial charge in [-0.1, -0.05) is 26.8 Å². The van der Waals surface area contributed by atoms with Crippen molar-refractivity contribution in [2.45, 2.75) is 45.1 Å². The van der Waals surface area contributed by atoms with E-state index in [4.69, 9.17) is 0 Å². The van der Waals surface area contributed by atoms with Crippen LogP contribution in [0.4, 0.5) is 0 Å². The molecule has 1 N–H and O–H groups in total. The van der Waals surface area contributed by atoms with E-state index in [0.717, 1.165) is 17.9 Å². The zero-order chi connectivity index (χ0) is 14.9. The SMILES string of the molecule is CCCNS(=O)(=O)c1nc(C(C)C)n2c(C)cccc12. The molecule has 20 heavy (non-hydrogen) atoms. The van der Waals surface area contributed by atoms with Crippen LogP contribution in [0.15, 0.2) is 23.2 Å². The van der Waals surface area contributed by atoms with E-state index in [2.05, 4.69) is 9.71 Å². The third-order valence-electron chi connectivity index (χ3n) is 3.16. The largest absolute Gasteiger partial charge is 0.299 e. The molecule has 5 nitrogen and oxygen atoms in total. The monoisotopic (exact) mass is 295 g/mol. The Morgan fingerprint density at radius 1 is 1.35 bits per heavy atom. The van der Waals surface area contributed by atoms with Crippen molar-refractivity contribution in [2.75, 3.05) is 6.54 Å². The van der Waals surface area contributed by atoms with Gasteiger partial charge in [0.15, 0.2) is 5.03 Å². The number of rotatable bonds is 5. The van der Waals surface area contributed by atoms with E-state index in [1.165, 1.54) is 0 Å². The number of imidazole rings is 1. The predicted octanol–water partition coefficient (Wildman–Crippen LogP) is 2.45. The lowest BCUT2D eigenvalue weighted by atomic mass is 10.2. The average Bonchev–Trinajstić information content (AvgIpc) is 2.78. The van der Waals surface area contributed by atoms with Crippen molar-refractivity contribution >= 4 is 15.5 Å². The van der Waals surface area contributed by atoms with Gasteiger partial charge >= 0.3 is 0 Å². The minimum absolute atomic E-state index is 0.123. The highest BCUT2D eigenvalue weighted by Crippen LogP contribution is 2.24. The molecular weight excluding hydrogens is 274 g/mol. The Bertz CT molecular complexity index is 717. The maximum Gasteiger partial charge on any atom is 0.260 e. The molecule has 0 aliphatic carbocycles. The Morgan fingerprint density at radius 2 is 2.05 bits per heavy atom. The van der Waals surface area contributed by atoms with Gasteiger partial charge < -0.3 is 0 Å². The Kier molecular flexibility index (Phi) is 4.15. The second-order valence-corrected chi connectivity index (χ2v) is 6.90. The summed E-state index contributed by atoms with van der Waals surface area (Å²) < 4.78 is 29.2. The van der Waals surface area contributed by atoms with Crippen molar-refractivity contribution < 1.29 is 8.42 Å². The zero-order valence-electron chi connectivity index (χ0n) is 12.3. The van der Waals surface area contributed by atoms with Gasteiger partial charge in [0.1, 0.15) is 5.82 Å². The number of hydrogen-bond acceptors (Lipinski definition) is 3. The summed E-state index contributed by atoms with van der Waals surface area (Å²) in [7, 11) is -3.56. The molecule has 0 saturated carbocycles. The van der Waals surface area contributed by atoms with Crippen molar-refractivity contribution in [3.8, 4) is 0 Å². The number of sulfonamides is 1. The first-order chi connectivity index (χ1) is 9.38. The molecule has 0 amide bonds. The summed E-state index contributed by atoms with van der Waals surface area (Å²) in [6.07, 6.45) is 0.751. The lowest BCUT2D eigenvalue weighted by Crippen LogP contribution is -2.25. The lowest BCUT2D eigenvalue weighted by Gasteiger charge is -2.06. The number of nitrogens with one attached hydrogen (secondary N) is 1. The summed E-state index contributed by atoms with van der Waals surface area (Å²) in [5.74, 6) is 0.925. The molecule has 0 aliphatic rings. The molecule has 0 aromatic carbocycles. The molecule has 2 rings (SSSR count). The summed E-state index contributed by atoms with van der Waals surface area (Å²) in [6.45, 7) is 8.33. The van der Waals surface area contributed by atoms with Crippen molar-refractivity contribution in [1.29, 1.82) is 0 Å². The average molecular weight is 295 g/mol. The van der Waals surface area contributed by atoms with Crippen molar-refractivity contribution in [3.63, 3.8) is 0 Å². The van der Waals surface area contributed by atoms with Gasteiger partial charge in [-0.25, -0.2) is 18.1 Å². The van der Waals surface area contributed by atoms with Gasteiger partial charge in [-0.05, 0) is 25.5 Å². The molecular formula is C14H21N3O2S. The maximum absolute atomic E-state index is 12.4. The molecule has 0 spiro atoms. The predicted molar refractivity (Wildman–Crippen MR) is 79.5 cm³/mol. The summed E-state index contributed by atoms with van der Waals surface area (Å²) in [6, 6.07) is 5.61. The quantitative estimate of drug-likeness (QED) is 0.921. The highest BCUT2D eigenvalue weighted by molar-refractivity contribution is 7.89. The van der Waals surface area contributed by atoms with Crippen LogP contribution in [0.5, 0.6) is 0 Å². The van der Waals surface area contributed by atoms with Crippen LogP contribution >= 0.6 is 0 Å². The normalized spacial score (nSPS) is 12.4. The Labute approximate surface area is 120 Å². The molecule has 0 bridgehead atoms. The number of aryl methyl sites for hydroxylation is 1. The molecule has 0 aliphatic heterocycles. The van der Waals surface area contributed by atoms with Crippen molar-refractivity contribution in [1.82, 2.24) is 14.1 Å². The Hall–Kier alpha value is -1.40. The van der Waals surface area contributed by atoms with E-state index in [9.17, 15) is 8.42 Å². The van der Waals surface area contributed by atoms with Crippen LogP contribution in [0.25, 0.3) is 5.52 Å². The van der Waals surface area contributed by atoms with E-state index >= 15 is 0 Å². The Balaban J connectivity index is 2.70. The van der Waals surface area contributed by atoms with Crippen LogP contribution in [0.2, 0.25) is 0 Å². The molecule has 0 radical (unpaired) electrons. The molecule has 0 fully saturated rings. The fourth-order valence-electron chi connectivity index (χ4n) is 2.19. The van der Waals surface area contributed by atoms with Gasteiger partial charge in [-0.15, -0.1) is 0 Å². The molecule has 2 heterocycles. The highest BCUT2D eigenvalue weighted by Gasteiger charge is 2.24. The maximum atomic E-state index is 12.4. The van der Waals surface area contributed by atoms with E-state index in [1.54, 1.807) is 6.07 Å². The topological polar surface area (TPSA) is 63.5 Å². The molecule has 6 heteroatoms. The fourth-order valence-corrected chi connectivity index (χ4v) is 3.45. The van der Waals surface area contributed by atoms with Crippen LogP contribution in [0.1, 0.15) is 44.6 Å². The van der Waals surface area contributed by atoms with Crippen molar-refractivity contribution in [3.05, 3.63) is 29.7 Å². The number of nitrogens with zero attached hydrogens (tertiary/aromatic N) is 2. The van der Waals surface area contributed by atoms with E-state index < -0.39 is 10.0 Å². The molecule has 0 saturated heterocycles. The molecule has 110 valence electrons. The second kappa shape index (κ2) is 5.54. The van der Waals surface area contributed by atoms with Gasteiger partial charge in [0.05, 0.1) is 5.52 Å². The summed E-state index contributed by atoms with van der Waals surface area (Å²) in [5.41, 5.74) is 1.62. The van der Waals surface area contributed by atoms with Gasteiger partial charge in [0, 0.05) is 18.2 Å². The van der Waals surface area contributed by atoms with Crippen LogP contribution in [0, 0.1) is 6.92 Å². The van der Waals surface area contributed by atoms with E-state index in [1.807, 2.05) is 44.2 Å². The van der Waals surface area contributed by atoms with E-state index in [0.29, 0.717) is 12.1 Å². The number of aromatic nitrogens is 2. The summed E-state index contributed by atoms with van der Waals surface area (Å²) in [5, 5.41) is 0.123. The Morgan fingerprint density at radius 3 is 2.65 bits per heavy atom. The number of pyridine rings is 1. The van der Waals surface area contributed by atoms with Crippen LogP contribution in [-0.4, -0.2) is 24.3 Å². The molecule has 2 aromatic rings. The number of hydrogen-bond donors (Lipinski definition) is 1. The third-order valence-corrected chi connectivity index (χ3v) is 4.56. The van der Waals surface area contributed by atoms with Crippen molar-refractivity contribution in [2.24, 2.45) is 0 Å². The number of fused-ring (bicyclic) bond motifs is 1. The van der Waals surface area contributed by atoms with Crippen LogP contribution in [-0.2, 0) is 10.0 Å². The van der Waals surface area contributed by atoms with E-state index in [-0.39, 0.29) is 10.9 Å². The first-order valence-electron chi connectivity index (χ1n) is 6.86. The molecule has 0 atom stereocenters.